The summed E-state index contributed by atoms with van der Waals surface area (Å²) in [7, 11) is 0. The largest absolute Gasteiger partial charge is 0.437 e. The second kappa shape index (κ2) is 12.0. The highest BCUT2D eigenvalue weighted by Crippen LogP contribution is 2.41. The van der Waals surface area contributed by atoms with Crippen molar-refractivity contribution in [1.82, 2.24) is 20.3 Å². The summed E-state index contributed by atoms with van der Waals surface area (Å²) in [5.41, 5.74) is 3.76. The monoisotopic (exact) mass is 549 g/mol. The Hall–Kier alpha value is -3.84. The zero-order chi connectivity index (χ0) is 28.2. The van der Waals surface area contributed by atoms with Gasteiger partial charge < -0.3 is 15.4 Å². The van der Waals surface area contributed by atoms with Gasteiger partial charge in [0.15, 0.2) is 0 Å². The van der Waals surface area contributed by atoms with Gasteiger partial charge in [0.05, 0.1) is 11.3 Å². The fourth-order valence-corrected chi connectivity index (χ4v) is 6.45. The van der Waals surface area contributed by atoms with Crippen molar-refractivity contribution in [2.24, 2.45) is 5.41 Å². The minimum absolute atomic E-state index is 0.158. The molecule has 1 saturated heterocycles. The van der Waals surface area contributed by atoms with Crippen LogP contribution >= 0.6 is 0 Å². The highest BCUT2D eigenvalue weighted by atomic mass is 16.5. The van der Waals surface area contributed by atoms with E-state index in [1.807, 2.05) is 31.2 Å². The first kappa shape index (κ1) is 27.3. The van der Waals surface area contributed by atoms with Gasteiger partial charge in [0, 0.05) is 43.2 Å². The number of benzene rings is 2. The Morgan fingerprint density at radius 3 is 2.73 bits per heavy atom. The van der Waals surface area contributed by atoms with E-state index >= 15 is 0 Å². The summed E-state index contributed by atoms with van der Waals surface area (Å²) in [5.74, 6) is 2.16. The molecule has 7 nitrogen and oxygen atoms in total. The van der Waals surface area contributed by atoms with Crippen LogP contribution in [-0.4, -0.2) is 39.9 Å². The number of carbonyl (C=O) groups is 1. The topological polar surface area (TPSA) is 89.0 Å². The van der Waals surface area contributed by atoms with Crippen LogP contribution in [0.5, 0.6) is 11.6 Å². The molecule has 0 unspecified atom stereocenters. The molecule has 2 fully saturated rings. The van der Waals surface area contributed by atoms with Crippen molar-refractivity contribution in [3.05, 3.63) is 72.1 Å². The number of piperidine rings is 1. The van der Waals surface area contributed by atoms with Gasteiger partial charge in [-0.05, 0) is 79.3 Å². The fraction of sp³-hybridized carbons (Fsp3) is 0.412. The number of fused-ring (bicyclic) bond motifs is 1. The highest BCUT2D eigenvalue weighted by molar-refractivity contribution is 5.95. The minimum Gasteiger partial charge on any atom is -0.437 e. The van der Waals surface area contributed by atoms with Gasteiger partial charge in [-0.3, -0.25) is 4.79 Å². The standard InChI is InChI=1S/C34H39N5O2/c1-23-12-13-27-24(20-26(40)21-34(2)15-3-4-16-34)8-5-10-28(27)31(23)41-32-29(11-7-18-36-32)30-14-19-37-33(39-30)38-25-9-6-17-35-22-25/h5,7-8,10-14,18-19,25,35H,3-4,6,9,15-17,20-22H2,1-2H3,(H,37,38,39)/t25-/m0/s1. The third-order valence-electron chi connectivity index (χ3n) is 8.65. The molecule has 2 N–H and O–H groups in total. The number of carbonyl (C=O) groups excluding carboxylic acids is 1. The Labute approximate surface area is 242 Å². The van der Waals surface area contributed by atoms with E-state index < -0.39 is 0 Å². The van der Waals surface area contributed by atoms with E-state index in [-0.39, 0.29) is 5.41 Å². The Kier molecular flexibility index (Phi) is 7.97. The molecule has 2 aromatic carbocycles. The third-order valence-corrected chi connectivity index (χ3v) is 8.65. The van der Waals surface area contributed by atoms with E-state index in [4.69, 9.17) is 9.72 Å². The molecule has 2 aliphatic rings. The number of ether oxygens (including phenoxy) is 1. The average Bonchev–Trinajstić information content (AvgIpc) is 3.41. The van der Waals surface area contributed by atoms with E-state index in [2.05, 4.69) is 51.8 Å². The molecular weight excluding hydrogens is 510 g/mol. The lowest BCUT2D eigenvalue weighted by atomic mass is 9.82. The van der Waals surface area contributed by atoms with Crippen molar-refractivity contribution in [2.45, 2.75) is 71.3 Å². The molecular formula is C34H39N5O2. The van der Waals surface area contributed by atoms with Gasteiger partial charge in [-0.15, -0.1) is 0 Å². The van der Waals surface area contributed by atoms with Crippen LogP contribution in [0.1, 0.15) is 63.0 Å². The molecule has 1 aliphatic carbocycles. The maximum absolute atomic E-state index is 13.2. The maximum atomic E-state index is 13.2. The van der Waals surface area contributed by atoms with Crippen molar-refractivity contribution in [2.75, 3.05) is 18.4 Å². The number of Topliss-reactive ketones (excluding diaryl/α,β-unsaturated/α-hetero) is 1. The molecule has 6 rings (SSSR count). The predicted molar refractivity (Wildman–Crippen MR) is 163 cm³/mol. The average molecular weight is 550 g/mol. The lowest BCUT2D eigenvalue weighted by molar-refractivity contribution is -0.120. The molecule has 0 bridgehead atoms. The van der Waals surface area contributed by atoms with E-state index in [0.717, 1.165) is 77.7 Å². The predicted octanol–water partition coefficient (Wildman–Crippen LogP) is 7.04. The van der Waals surface area contributed by atoms with Gasteiger partial charge in [-0.1, -0.05) is 50.1 Å². The van der Waals surface area contributed by atoms with Crippen LogP contribution in [0.25, 0.3) is 22.0 Å². The SMILES string of the molecule is Cc1ccc2c(CC(=O)CC3(C)CCCC3)cccc2c1Oc1ncccc1-c1ccnc(N[C@H]2CCCNC2)n1. The van der Waals surface area contributed by atoms with Gasteiger partial charge >= 0.3 is 0 Å². The molecule has 1 atom stereocenters. The number of aryl methyl sites for hydroxylation is 1. The quantitative estimate of drug-likeness (QED) is 0.231. The van der Waals surface area contributed by atoms with Crippen molar-refractivity contribution >= 4 is 22.5 Å². The second-order valence-corrected chi connectivity index (χ2v) is 12.0. The van der Waals surface area contributed by atoms with Crippen molar-refractivity contribution < 1.29 is 9.53 Å². The summed E-state index contributed by atoms with van der Waals surface area (Å²) in [6.45, 7) is 6.27. The van der Waals surface area contributed by atoms with Crippen molar-refractivity contribution in [1.29, 1.82) is 0 Å². The first-order chi connectivity index (χ1) is 20.0. The molecule has 7 heteroatoms. The Balaban J connectivity index is 1.28. The van der Waals surface area contributed by atoms with Crippen LogP contribution < -0.4 is 15.4 Å². The van der Waals surface area contributed by atoms with Gasteiger partial charge in [-0.2, -0.15) is 0 Å². The highest BCUT2D eigenvalue weighted by Gasteiger charge is 2.31. The Bertz CT molecular complexity index is 1540. The first-order valence-corrected chi connectivity index (χ1v) is 14.9. The van der Waals surface area contributed by atoms with E-state index in [1.165, 1.54) is 12.8 Å². The van der Waals surface area contributed by atoms with Crippen molar-refractivity contribution in [3.63, 3.8) is 0 Å². The van der Waals surface area contributed by atoms with E-state index in [9.17, 15) is 4.79 Å². The number of pyridine rings is 1. The zero-order valence-corrected chi connectivity index (χ0v) is 24.1. The summed E-state index contributed by atoms with van der Waals surface area (Å²) in [6, 6.07) is 16.4. The molecule has 0 radical (unpaired) electrons. The zero-order valence-electron chi connectivity index (χ0n) is 24.1. The summed E-state index contributed by atoms with van der Waals surface area (Å²) in [4.78, 5) is 27.0. The van der Waals surface area contributed by atoms with Gasteiger partial charge in [0.25, 0.3) is 0 Å². The van der Waals surface area contributed by atoms with Gasteiger partial charge in [0.2, 0.25) is 11.8 Å². The number of hydrogen-bond donors (Lipinski definition) is 2. The summed E-state index contributed by atoms with van der Waals surface area (Å²) < 4.78 is 6.59. The Morgan fingerprint density at radius 2 is 1.90 bits per heavy atom. The molecule has 212 valence electrons. The summed E-state index contributed by atoms with van der Waals surface area (Å²) in [5, 5.41) is 8.92. The number of ketones is 1. The first-order valence-electron chi connectivity index (χ1n) is 14.9. The minimum atomic E-state index is 0.158. The lowest BCUT2D eigenvalue weighted by Crippen LogP contribution is -2.38. The van der Waals surface area contributed by atoms with Gasteiger partial charge in [-0.25, -0.2) is 15.0 Å². The smallest absolute Gasteiger partial charge is 0.228 e. The molecule has 1 aliphatic heterocycles. The molecule has 0 amide bonds. The van der Waals surface area contributed by atoms with Crippen LogP contribution in [0.2, 0.25) is 0 Å². The second-order valence-electron chi connectivity index (χ2n) is 12.0. The third kappa shape index (κ3) is 6.25. The number of hydrogen-bond acceptors (Lipinski definition) is 7. The van der Waals surface area contributed by atoms with E-state index in [1.54, 1.807) is 12.4 Å². The number of nitrogens with one attached hydrogen (secondary N) is 2. The molecule has 41 heavy (non-hydrogen) atoms. The normalized spacial score (nSPS) is 18.3. The van der Waals surface area contributed by atoms with E-state index in [0.29, 0.717) is 36.5 Å². The molecule has 1 saturated carbocycles. The maximum Gasteiger partial charge on any atom is 0.228 e. The number of anilines is 1. The summed E-state index contributed by atoms with van der Waals surface area (Å²) >= 11 is 0. The van der Waals surface area contributed by atoms with Gasteiger partial charge in [0.1, 0.15) is 11.5 Å². The number of nitrogens with zero attached hydrogens (tertiary/aromatic N) is 3. The van der Waals surface area contributed by atoms with Crippen LogP contribution in [0.15, 0.2) is 60.9 Å². The van der Waals surface area contributed by atoms with Crippen LogP contribution in [0, 0.1) is 12.3 Å². The van der Waals surface area contributed by atoms with Crippen molar-refractivity contribution in [3.8, 4) is 22.9 Å². The molecule has 3 heterocycles. The van der Waals surface area contributed by atoms with Crippen LogP contribution in [0.3, 0.4) is 0 Å². The van der Waals surface area contributed by atoms with Crippen LogP contribution in [-0.2, 0) is 11.2 Å². The fourth-order valence-electron chi connectivity index (χ4n) is 6.45. The summed E-state index contributed by atoms with van der Waals surface area (Å²) in [6.07, 6.45) is 11.6. The van der Waals surface area contributed by atoms with Crippen LogP contribution in [0.4, 0.5) is 5.95 Å². The number of rotatable bonds is 9. The molecule has 2 aromatic heterocycles. The lowest BCUT2D eigenvalue weighted by Gasteiger charge is -2.23. The Morgan fingerprint density at radius 1 is 1.02 bits per heavy atom. The molecule has 0 spiro atoms. The molecule has 4 aromatic rings. The number of aromatic nitrogens is 3.